The van der Waals surface area contributed by atoms with Gasteiger partial charge in [0.05, 0.1) is 14.2 Å². The quantitative estimate of drug-likeness (QED) is 0.832. The molecule has 116 valence electrons. The van der Waals surface area contributed by atoms with Gasteiger partial charge in [-0.05, 0) is 30.3 Å². The van der Waals surface area contributed by atoms with Gasteiger partial charge in [-0.1, -0.05) is 23.7 Å². The van der Waals surface area contributed by atoms with Crippen LogP contribution in [0.25, 0.3) is 0 Å². The second kappa shape index (κ2) is 7.82. The van der Waals surface area contributed by atoms with Crippen LogP contribution < -0.4 is 10.1 Å². The molecule has 0 radical (unpaired) electrons. The molecule has 0 saturated heterocycles. The number of carbonyl (C=O) groups is 1. The van der Waals surface area contributed by atoms with Crippen LogP contribution in [0.5, 0.6) is 5.75 Å². The lowest BCUT2D eigenvalue weighted by Gasteiger charge is -2.09. The van der Waals surface area contributed by atoms with Gasteiger partial charge < -0.3 is 14.8 Å². The number of nitrogens with two attached hydrogens (primary N) is 1. The van der Waals surface area contributed by atoms with Crippen molar-refractivity contribution < 1.29 is 19.6 Å². The molecule has 0 spiro atoms. The third kappa shape index (κ3) is 4.23. The highest BCUT2D eigenvalue weighted by Crippen LogP contribution is 2.20. The van der Waals surface area contributed by atoms with Gasteiger partial charge in [-0.15, -0.1) is 0 Å². The largest absolute Gasteiger partial charge is 0.496 e. The number of hydrogen-bond donors (Lipinski definition) is 1. The number of halogens is 1. The van der Waals surface area contributed by atoms with Crippen molar-refractivity contribution in [1.82, 2.24) is 0 Å². The van der Waals surface area contributed by atoms with Crippen molar-refractivity contribution in [3.05, 3.63) is 64.2 Å². The highest BCUT2D eigenvalue weighted by atomic mass is 35.5. The van der Waals surface area contributed by atoms with Gasteiger partial charge in [0.1, 0.15) is 24.4 Å². The monoisotopic (exact) mass is 320 g/mol. The van der Waals surface area contributed by atoms with Crippen molar-refractivity contribution in [1.29, 1.82) is 0 Å². The number of methoxy groups -OCH3 is 2. The lowest BCUT2D eigenvalue weighted by atomic mass is 10.1. The maximum atomic E-state index is 11.7. The molecule has 0 atom stereocenters. The summed E-state index contributed by atoms with van der Waals surface area (Å²) < 4.78 is 9.96. The summed E-state index contributed by atoms with van der Waals surface area (Å²) in [5.74, 6) is 0.129. The second-order valence-corrected chi connectivity index (χ2v) is 5.29. The second-order valence-electron chi connectivity index (χ2n) is 4.85. The first-order valence-corrected chi connectivity index (χ1v) is 7.33. The van der Waals surface area contributed by atoms with Crippen molar-refractivity contribution in [2.24, 2.45) is 0 Å². The van der Waals surface area contributed by atoms with E-state index >= 15 is 0 Å². The van der Waals surface area contributed by atoms with Crippen LogP contribution in [0.4, 0.5) is 0 Å². The molecule has 0 aliphatic heterocycles. The van der Waals surface area contributed by atoms with Crippen LogP contribution in [0.15, 0.2) is 42.5 Å². The number of quaternary nitrogens is 1. The van der Waals surface area contributed by atoms with E-state index in [9.17, 15) is 4.79 Å². The highest BCUT2D eigenvalue weighted by Gasteiger charge is 2.13. The Morgan fingerprint density at radius 2 is 1.68 bits per heavy atom. The molecular weight excluding hydrogens is 302 g/mol. The Kier molecular flexibility index (Phi) is 5.81. The van der Waals surface area contributed by atoms with E-state index in [1.807, 2.05) is 36.4 Å². The summed E-state index contributed by atoms with van der Waals surface area (Å²) in [6.45, 7) is 1.60. The molecule has 0 aromatic heterocycles. The third-order valence-electron chi connectivity index (χ3n) is 3.34. The molecule has 0 aliphatic rings. The van der Waals surface area contributed by atoms with E-state index in [2.05, 4.69) is 5.32 Å². The summed E-state index contributed by atoms with van der Waals surface area (Å²) in [6, 6.07) is 13.3. The molecule has 2 aromatic rings. The summed E-state index contributed by atoms with van der Waals surface area (Å²) in [6.07, 6.45) is 0. The molecule has 0 heterocycles. The van der Waals surface area contributed by atoms with Crippen molar-refractivity contribution >= 4 is 17.6 Å². The molecule has 0 aliphatic carbocycles. The molecule has 2 N–H and O–H groups in total. The minimum atomic E-state index is -0.392. The molecule has 0 amide bonds. The number of carbonyl (C=O) groups excluding carboxylic acids is 1. The summed E-state index contributed by atoms with van der Waals surface area (Å²) in [5, 5.41) is 2.90. The average molecular weight is 321 g/mol. The van der Waals surface area contributed by atoms with Crippen LogP contribution >= 0.6 is 11.6 Å². The first kappa shape index (κ1) is 16.3. The van der Waals surface area contributed by atoms with Gasteiger partial charge in [0.2, 0.25) is 0 Å². The highest BCUT2D eigenvalue weighted by molar-refractivity contribution is 6.30. The zero-order chi connectivity index (χ0) is 15.9. The molecular formula is C17H19ClNO3+. The summed E-state index contributed by atoms with van der Waals surface area (Å²) in [4.78, 5) is 11.7. The molecule has 4 nitrogen and oxygen atoms in total. The van der Waals surface area contributed by atoms with Crippen molar-refractivity contribution in [3.63, 3.8) is 0 Å². The topological polar surface area (TPSA) is 52.1 Å². The van der Waals surface area contributed by atoms with E-state index in [1.54, 1.807) is 6.07 Å². The lowest BCUT2D eigenvalue weighted by Crippen LogP contribution is -2.80. The van der Waals surface area contributed by atoms with Gasteiger partial charge in [-0.3, -0.25) is 0 Å². The van der Waals surface area contributed by atoms with E-state index in [4.69, 9.17) is 21.1 Å². The fourth-order valence-corrected chi connectivity index (χ4v) is 2.30. The van der Waals surface area contributed by atoms with E-state index in [0.717, 1.165) is 23.7 Å². The number of benzene rings is 2. The number of hydrogen-bond acceptors (Lipinski definition) is 3. The van der Waals surface area contributed by atoms with E-state index in [1.165, 1.54) is 19.8 Å². The standard InChI is InChI=1S/C17H18ClNO3/c1-21-16-8-5-13(9-15(16)17(20)22-2)11-19-10-12-3-6-14(18)7-4-12/h3-9,19H,10-11H2,1-2H3/p+1. The van der Waals surface area contributed by atoms with Crippen LogP contribution in [0.1, 0.15) is 21.5 Å². The Morgan fingerprint density at radius 3 is 2.32 bits per heavy atom. The maximum Gasteiger partial charge on any atom is 0.341 e. The predicted molar refractivity (Wildman–Crippen MR) is 85.1 cm³/mol. The Morgan fingerprint density at radius 1 is 1.05 bits per heavy atom. The van der Waals surface area contributed by atoms with Crippen LogP contribution in [0.3, 0.4) is 0 Å². The smallest absolute Gasteiger partial charge is 0.341 e. The third-order valence-corrected chi connectivity index (χ3v) is 3.59. The lowest BCUT2D eigenvalue weighted by molar-refractivity contribution is -0.686. The Balaban J connectivity index is 2.00. The van der Waals surface area contributed by atoms with Crippen molar-refractivity contribution in [3.8, 4) is 5.75 Å². The van der Waals surface area contributed by atoms with Gasteiger partial charge in [0.15, 0.2) is 0 Å². The van der Waals surface area contributed by atoms with E-state index < -0.39 is 5.97 Å². The van der Waals surface area contributed by atoms with Crippen LogP contribution in [-0.4, -0.2) is 20.2 Å². The fourth-order valence-electron chi connectivity index (χ4n) is 2.18. The minimum Gasteiger partial charge on any atom is -0.496 e. The summed E-state index contributed by atoms with van der Waals surface area (Å²) in [7, 11) is 2.90. The SMILES string of the molecule is COC(=O)c1cc(C[NH2+]Cc2ccc(Cl)cc2)ccc1OC. The fraction of sp³-hybridized carbons (Fsp3) is 0.235. The molecule has 0 saturated carbocycles. The Bertz CT molecular complexity index is 641. The minimum absolute atomic E-state index is 0.392. The molecule has 0 fully saturated rings. The van der Waals surface area contributed by atoms with Gasteiger partial charge >= 0.3 is 5.97 Å². The number of esters is 1. The predicted octanol–water partition coefficient (Wildman–Crippen LogP) is 2.40. The molecule has 2 aromatic carbocycles. The van der Waals surface area contributed by atoms with Crippen molar-refractivity contribution in [2.75, 3.05) is 14.2 Å². The zero-order valence-electron chi connectivity index (χ0n) is 12.6. The molecule has 0 unspecified atom stereocenters. The van der Waals surface area contributed by atoms with Gasteiger partial charge in [-0.25, -0.2) is 4.79 Å². The van der Waals surface area contributed by atoms with Crippen molar-refractivity contribution in [2.45, 2.75) is 13.1 Å². The molecule has 5 heteroatoms. The molecule has 2 rings (SSSR count). The average Bonchev–Trinajstić information content (AvgIpc) is 2.56. The van der Waals surface area contributed by atoms with Gasteiger partial charge in [0.25, 0.3) is 0 Å². The van der Waals surface area contributed by atoms with Crippen LogP contribution in [0.2, 0.25) is 5.02 Å². The number of rotatable bonds is 6. The van der Waals surface area contributed by atoms with E-state index in [-0.39, 0.29) is 0 Å². The Hall–Kier alpha value is -2.04. The molecule has 0 bridgehead atoms. The first-order chi connectivity index (χ1) is 10.6. The molecule has 22 heavy (non-hydrogen) atoms. The first-order valence-electron chi connectivity index (χ1n) is 6.95. The maximum absolute atomic E-state index is 11.7. The summed E-state index contributed by atoms with van der Waals surface area (Å²) in [5.41, 5.74) is 2.68. The number of ether oxygens (including phenoxy) is 2. The van der Waals surface area contributed by atoms with Gasteiger partial charge in [0, 0.05) is 16.1 Å². The Labute approximate surface area is 135 Å². The van der Waals surface area contributed by atoms with Gasteiger partial charge in [-0.2, -0.15) is 0 Å². The van der Waals surface area contributed by atoms with Crippen LogP contribution in [-0.2, 0) is 17.8 Å². The zero-order valence-corrected chi connectivity index (χ0v) is 13.4. The summed E-state index contributed by atoms with van der Waals surface area (Å²) >= 11 is 5.87. The normalized spacial score (nSPS) is 10.3. The van der Waals surface area contributed by atoms with Crippen LogP contribution in [0, 0.1) is 0 Å². The van der Waals surface area contributed by atoms with E-state index in [0.29, 0.717) is 11.3 Å².